The highest BCUT2D eigenvalue weighted by Crippen LogP contribution is 2.20. The molecule has 4 heteroatoms. The Labute approximate surface area is 106 Å². The first-order valence-electron chi connectivity index (χ1n) is 5.77. The molecule has 1 aliphatic heterocycles. The van der Waals surface area contributed by atoms with E-state index in [0.29, 0.717) is 5.56 Å². The molecule has 1 heterocycles. The van der Waals surface area contributed by atoms with Crippen LogP contribution in [0, 0.1) is 0 Å². The molecule has 0 unspecified atom stereocenters. The van der Waals surface area contributed by atoms with Crippen LogP contribution in [0.15, 0.2) is 18.2 Å². The van der Waals surface area contributed by atoms with Crippen molar-refractivity contribution in [2.75, 3.05) is 25.1 Å². The molecule has 0 atom stereocenters. The average Bonchev–Trinajstić information content (AvgIpc) is 2.35. The highest BCUT2D eigenvalue weighted by Gasteiger charge is 2.17. The van der Waals surface area contributed by atoms with Gasteiger partial charge in [0, 0.05) is 25.4 Å². The molecule has 0 saturated carbocycles. The van der Waals surface area contributed by atoms with Crippen LogP contribution in [0.2, 0.25) is 0 Å². The van der Waals surface area contributed by atoms with Gasteiger partial charge in [0.1, 0.15) is 0 Å². The zero-order chi connectivity index (χ0) is 12.3. The van der Waals surface area contributed by atoms with E-state index < -0.39 is 5.97 Å². The Morgan fingerprint density at radius 2 is 2.29 bits per heavy atom. The van der Waals surface area contributed by atoms with Crippen molar-refractivity contribution in [2.45, 2.75) is 13.0 Å². The maximum Gasteiger partial charge on any atom is 0.335 e. The van der Waals surface area contributed by atoms with Gasteiger partial charge in [-0.3, -0.25) is 4.90 Å². The summed E-state index contributed by atoms with van der Waals surface area (Å²) in [5.74, 6) is 0.294. The quantitative estimate of drug-likeness (QED) is 0.889. The Kier molecular flexibility index (Phi) is 4.07. The van der Waals surface area contributed by atoms with Gasteiger partial charge in [0.05, 0.1) is 5.56 Å². The van der Waals surface area contributed by atoms with Crippen LogP contribution in [0.25, 0.3) is 0 Å². The van der Waals surface area contributed by atoms with Crippen LogP contribution in [0.1, 0.15) is 21.5 Å². The van der Waals surface area contributed by atoms with Crippen molar-refractivity contribution in [3.05, 3.63) is 34.9 Å². The van der Waals surface area contributed by atoms with E-state index in [1.807, 2.05) is 23.9 Å². The maximum absolute atomic E-state index is 10.9. The van der Waals surface area contributed by atoms with Crippen molar-refractivity contribution in [3.8, 4) is 0 Å². The maximum atomic E-state index is 10.9. The second-order valence-corrected chi connectivity index (χ2v) is 5.29. The molecule has 1 aliphatic rings. The normalized spacial score (nSPS) is 15.6. The zero-order valence-electron chi connectivity index (χ0n) is 9.98. The Balaban J connectivity index is 2.12. The summed E-state index contributed by atoms with van der Waals surface area (Å²) >= 11 is 1.85. The van der Waals surface area contributed by atoms with Crippen molar-refractivity contribution in [1.82, 2.24) is 4.90 Å². The molecular weight excluding hydrogens is 234 g/mol. The lowest BCUT2D eigenvalue weighted by atomic mass is 9.97. The molecule has 0 saturated heterocycles. The molecule has 0 fully saturated rings. The number of nitrogens with zero attached hydrogens (tertiary/aromatic N) is 1. The lowest BCUT2D eigenvalue weighted by molar-refractivity contribution is 0.0696. The molecule has 1 aromatic carbocycles. The van der Waals surface area contributed by atoms with Gasteiger partial charge >= 0.3 is 5.97 Å². The summed E-state index contributed by atoms with van der Waals surface area (Å²) in [5, 5.41) is 8.98. The number of carboxylic acid groups (broad SMARTS) is 1. The molecule has 17 heavy (non-hydrogen) atoms. The van der Waals surface area contributed by atoms with Crippen LogP contribution in [0.4, 0.5) is 0 Å². The van der Waals surface area contributed by atoms with Gasteiger partial charge in [-0.05, 0) is 35.9 Å². The van der Waals surface area contributed by atoms with E-state index in [1.54, 1.807) is 6.07 Å². The number of rotatable bonds is 4. The third-order valence-electron chi connectivity index (χ3n) is 3.16. The molecule has 1 N–H and O–H groups in total. The first-order chi connectivity index (χ1) is 8.20. The monoisotopic (exact) mass is 251 g/mol. The fourth-order valence-electron chi connectivity index (χ4n) is 2.16. The fraction of sp³-hybridized carbons (Fsp3) is 0.462. The second-order valence-electron chi connectivity index (χ2n) is 4.31. The van der Waals surface area contributed by atoms with E-state index in [-0.39, 0.29) is 0 Å². The topological polar surface area (TPSA) is 40.5 Å². The predicted octanol–water partition coefficient (Wildman–Crippen LogP) is 2.11. The fourth-order valence-corrected chi connectivity index (χ4v) is 2.60. The highest BCUT2D eigenvalue weighted by molar-refractivity contribution is 7.98. The van der Waals surface area contributed by atoms with Crippen LogP contribution in [0.5, 0.6) is 0 Å². The van der Waals surface area contributed by atoms with Gasteiger partial charge < -0.3 is 5.11 Å². The molecule has 2 rings (SSSR count). The van der Waals surface area contributed by atoms with Crippen molar-refractivity contribution >= 4 is 17.7 Å². The number of benzene rings is 1. The van der Waals surface area contributed by atoms with E-state index in [1.165, 1.54) is 11.1 Å². The first-order valence-corrected chi connectivity index (χ1v) is 7.16. The smallest absolute Gasteiger partial charge is 0.335 e. The largest absolute Gasteiger partial charge is 0.478 e. The molecule has 0 amide bonds. The van der Waals surface area contributed by atoms with Crippen LogP contribution < -0.4 is 0 Å². The van der Waals surface area contributed by atoms with E-state index in [2.05, 4.69) is 11.2 Å². The van der Waals surface area contributed by atoms with Gasteiger partial charge in [-0.1, -0.05) is 6.07 Å². The molecule has 0 spiro atoms. The van der Waals surface area contributed by atoms with Crippen molar-refractivity contribution in [1.29, 1.82) is 0 Å². The SMILES string of the molecule is CSCCN1CCc2ccc(C(=O)O)cc2C1. The first kappa shape index (κ1) is 12.5. The Morgan fingerprint density at radius 1 is 1.47 bits per heavy atom. The van der Waals surface area contributed by atoms with E-state index >= 15 is 0 Å². The number of fused-ring (bicyclic) bond motifs is 1. The summed E-state index contributed by atoms with van der Waals surface area (Å²) in [6.45, 7) is 3.05. The third-order valence-corrected chi connectivity index (χ3v) is 3.75. The number of thioether (sulfide) groups is 1. The number of carbonyl (C=O) groups is 1. The van der Waals surface area contributed by atoms with Gasteiger partial charge in [0.25, 0.3) is 0 Å². The van der Waals surface area contributed by atoms with Gasteiger partial charge in [0.15, 0.2) is 0 Å². The minimum absolute atomic E-state index is 0.399. The van der Waals surface area contributed by atoms with Crippen molar-refractivity contribution in [2.24, 2.45) is 0 Å². The average molecular weight is 251 g/mol. The number of hydrogen-bond acceptors (Lipinski definition) is 3. The van der Waals surface area contributed by atoms with Crippen LogP contribution in [-0.2, 0) is 13.0 Å². The minimum Gasteiger partial charge on any atom is -0.478 e. The second kappa shape index (κ2) is 5.56. The minimum atomic E-state index is -0.839. The predicted molar refractivity (Wildman–Crippen MR) is 70.8 cm³/mol. The Morgan fingerprint density at radius 3 is 3.00 bits per heavy atom. The van der Waals surface area contributed by atoms with Crippen LogP contribution in [0.3, 0.4) is 0 Å². The molecule has 92 valence electrons. The molecule has 0 aromatic heterocycles. The Hall–Kier alpha value is -1.00. The lowest BCUT2D eigenvalue weighted by Gasteiger charge is -2.28. The summed E-state index contributed by atoms with van der Waals surface area (Å²) in [7, 11) is 0. The number of aromatic carboxylic acids is 1. The summed E-state index contributed by atoms with van der Waals surface area (Å²) in [6.07, 6.45) is 3.14. The van der Waals surface area contributed by atoms with Gasteiger partial charge in [-0.25, -0.2) is 4.79 Å². The van der Waals surface area contributed by atoms with Crippen molar-refractivity contribution < 1.29 is 9.90 Å². The highest BCUT2D eigenvalue weighted by atomic mass is 32.2. The van der Waals surface area contributed by atoms with Crippen molar-refractivity contribution in [3.63, 3.8) is 0 Å². The Bertz CT molecular complexity index is 420. The zero-order valence-corrected chi connectivity index (χ0v) is 10.8. The van der Waals surface area contributed by atoms with Gasteiger partial charge in [0.2, 0.25) is 0 Å². The van der Waals surface area contributed by atoms with E-state index in [9.17, 15) is 4.79 Å². The van der Waals surface area contributed by atoms with Gasteiger partial charge in [-0.15, -0.1) is 0 Å². The summed E-state index contributed by atoms with van der Waals surface area (Å²) in [6, 6.07) is 5.49. The standard InChI is InChI=1S/C13H17NO2S/c1-17-7-6-14-5-4-10-2-3-11(13(15)16)8-12(10)9-14/h2-3,8H,4-7,9H2,1H3,(H,15,16). The molecule has 1 aromatic rings. The van der Waals surface area contributed by atoms with Gasteiger partial charge in [-0.2, -0.15) is 11.8 Å². The van der Waals surface area contributed by atoms with E-state index in [0.717, 1.165) is 31.8 Å². The summed E-state index contributed by atoms with van der Waals surface area (Å²) in [4.78, 5) is 13.3. The summed E-state index contributed by atoms with van der Waals surface area (Å²) < 4.78 is 0. The molecule has 3 nitrogen and oxygen atoms in total. The molecular formula is C13H17NO2S. The van der Waals surface area contributed by atoms with E-state index in [4.69, 9.17) is 5.11 Å². The molecule has 0 bridgehead atoms. The lowest BCUT2D eigenvalue weighted by Crippen LogP contribution is -2.32. The summed E-state index contributed by atoms with van der Waals surface area (Å²) in [5.41, 5.74) is 2.88. The molecule has 0 radical (unpaired) electrons. The van der Waals surface area contributed by atoms with Crippen LogP contribution in [-0.4, -0.2) is 41.1 Å². The van der Waals surface area contributed by atoms with Crippen LogP contribution >= 0.6 is 11.8 Å². The number of carboxylic acids is 1. The third kappa shape index (κ3) is 3.01. The number of hydrogen-bond donors (Lipinski definition) is 1. The molecule has 0 aliphatic carbocycles.